The van der Waals surface area contributed by atoms with Crippen LogP contribution in [0.3, 0.4) is 0 Å². The van der Waals surface area contributed by atoms with Crippen LogP contribution in [0.2, 0.25) is 0 Å². The first-order chi connectivity index (χ1) is 8.47. The van der Waals surface area contributed by atoms with Gasteiger partial charge < -0.3 is 5.11 Å². The highest BCUT2D eigenvalue weighted by Gasteiger charge is 2.42. The molecule has 0 radical (unpaired) electrons. The Hall–Kier alpha value is -0.970. The third-order valence-electron chi connectivity index (χ3n) is 3.65. The van der Waals surface area contributed by atoms with Gasteiger partial charge in [-0.05, 0) is 46.5 Å². The zero-order chi connectivity index (χ0) is 13.3. The number of carboxylic acid groups (broad SMARTS) is 1. The van der Waals surface area contributed by atoms with Gasteiger partial charge in [0.05, 0.1) is 9.89 Å². The predicted molar refractivity (Wildman–Crippen MR) is 66.5 cm³/mol. The van der Waals surface area contributed by atoms with E-state index in [4.69, 9.17) is 0 Å². The SMILES string of the molecule is O=C(O)C1(c2cc(F)c(Br)c(F)c2)CCCCC1. The molecule has 0 aromatic heterocycles. The molecule has 1 saturated carbocycles. The van der Waals surface area contributed by atoms with E-state index in [1.54, 1.807) is 0 Å². The first kappa shape index (κ1) is 13.5. The molecule has 2 nitrogen and oxygen atoms in total. The minimum atomic E-state index is -1.14. The van der Waals surface area contributed by atoms with Crippen LogP contribution in [-0.4, -0.2) is 11.1 Å². The molecule has 0 atom stereocenters. The van der Waals surface area contributed by atoms with Gasteiger partial charge in [-0.2, -0.15) is 0 Å². The van der Waals surface area contributed by atoms with Crippen molar-refractivity contribution in [2.24, 2.45) is 0 Å². The van der Waals surface area contributed by atoms with E-state index in [0.717, 1.165) is 31.4 Å². The highest BCUT2D eigenvalue weighted by molar-refractivity contribution is 9.10. The number of benzene rings is 1. The number of hydrogen-bond acceptors (Lipinski definition) is 1. The first-order valence-corrected chi connectivity index (χ1v) is 6.65. The molecule has 0 heterocycles. The molecule has 0 unspecified atom stereocenters. The van der Waals surface area contributed by atoms with E-state index in [2.05, 4.69) is 15.9 Å². The molecule has 5 heteroatoms. The second-order valence-electron chi connectivity index (χ2n) is 4.70. The lowest BCUT2D eigenvalue weighted by atomic mass is 9.69. The summed E-state index contributed by atoms with van der Waals surface area (Å²) in [5.74, 6) is -2.50. The van der Waals surface area contributed by atoms with Crippen LogP contribution in [0.5, 0.6) is 0 Å². The molecule has 1 aliphatic carbocycles. The fourth-order valence-electron chi connectivity index (χ4n) is 2.61. The number of aliphatic carboxylic acids is 1. The van der Waals surface area contributed by atoms with Crippen molar-refractivity contribution in [2.75, 3.05) is 0 Å². The summed E-state index contributed by atoms with van der Waals surface area (Å²) in [5.41, 5.74) is -0.909. The van der Waals surface area contributed by atoms with Crippen LogP contribution in [0.4, 0.5) is 8.78 Å². The lowest BCUT2D eigenvalue weighted by molar-refractivity contribution is -0.145. The molecule has 0 saturated heterocycles. The van der Waals surface area contributed by atoms with Gasteiger partial charge in [0.2, 0.25) is 0 Å². The van der Waals surface area contributed by atoms with Gasteiger partial charge in [0.1, 0.15) is 11.6 Å². The summed E-state index contributed by atoms with van der Waals surface area (Å²) in [4.78, 5) is 11.5. The van der Waals surface area contributed by atoms with Gasteiger partial charge >= 0.3 is 5.97 Å². The van der Waals surface area contributed by atoms with E-state index in [1.165, 1.54) is 0 Å². The van der Waals surface area contributed by atoms with Crippen molar-refractivity contribution in [3.8, 4) is 0 Å². The van der Waals surface area contributed by atoms with Crippen molar-refractivity contribution in [3.05, 3.63) is 33.8 Å². The summed E-state index contributed by atoms with van der Waals surface area (Å²) >= 11 is 2.79. The molecule has 0 aliphatic heterocycles. The zero-order valence-corrected chi connectivity index (χ0v) is 11.3. The number of carboxylic acids is 1. The lowest BCUT2D eigenvalue weighted by Gasteiger charge is -2.33. The summed E-state index contributed by atoms with van der Waals surface area (Å²) in [6.45, 7) is 0. The molecule has 1 N–H and O–H groups in total. The first-order valence-electron chi connectivity index (χ1n) is 5.86. The third kappa shape index (κ3) is 2.16. The van der Waals surface area contributed by atoms with E-state index in [-0.39, 0.29) is 10.0 Å². The average Bonchev–Trinajstić information content (AvgIpc) is 2.36. The normalized spacial score (nSPS) is 18.6. The fraction of sp³-hybridized carbons (Fsp3) is 0.462. The Labute approximate surface area is 112 Å². The molecule has 2 rings (SSSR count). The fourth-order valence-corrected chi connectivity index (χ4v) is 2.84. The van der Waals surface area contributed by atoms with Crippen LogP contribution in [-0.2, 0) is 10.2 Å². The largest absolute Gasteiger partial charge is 0.481 e. The number of hydrogen-bond donors (Lipinski definition) is 1. The predicted octanol–water partition coefficient (Wildman–Crippen LogP) is 4.01. The van der Waals surface area contributed by atoms with E-state index in [1.807, 2.05) is 0 Å². The molecule has 1 aromatic carbocycles. The van der Waals surface area contributed by atoms with Crippen molar-refractivity contribution in [1.29, 1.82) is 0 Å². The zero-order valence-electron chi connectivity index (χ0n) is 9.68. The Morgan fingerprint density at radius 2 is 1.67 bits per heavy atom. The van der Waals surface area contributed by atoms with Crippen molar-refractivity contribution in [3.63, 3.8) is 0 Å². The summed E-state index contributed by atoms with van der Waals surface area (Å²) in [6.07, 6.45) is 3.37. The summed E-state index contributed by atoms with van der Waals surface area (Å²) in [5, 5.41) is 9.44. The second kappa shape index (κ2) is 4.96. The van der Waals surface area contributed by atoms with Gasteiger partial charge in [0.25, 0.3) is 0 Å². The van der Waals surface area contributed by atoms with Gasteiger partial charge in [-0.1, -0.05) is 19.3 Å². The molecule has 0 bridgehead atoms. The molecule has 0 spiro atoms. The van der Waals surface area contributed by atoms with Gasteiger partial charge in [0, 0.05) is 0 Å². The maximum absolute atomic E-state index is 13.5. The van der Waals surface area contributed by atoms with Crippen LogP contribution in [0.15, 0.2) is 16.6 Å². The van der Waals surface area contributed by atoms with E-state index in [0.29, 0.717) is 12.8 Å². The Balaban J connectivity index is 2.52. The molecule has 1 fully saturated rings. The monoisotopic (exact) mass is 318 g/mol. The smallest absolute Gasteiger partial charge is 0.314 e. The Morgan fingerprint density at radius 3 is 2.11 bits per heavy atom. The van der Waals surface area contributed by atoms with Crippen LogP contribution in [0, 0.1) is 11.6 Å². The number of rotatable bonds is 2. The maximum atomic E-state index is 13.5. The number of carbonyl (C=O) groups is 1. The Kier molecular flexibility index (Phi) is 3.71. The van der Waals surface area contributed by atoms with Gasteiger partial charge in [-0.3, -0.25) is 4.79 Å². The molecule has 1 aromatic rings. The van der Waals surface area contributed by atoms with Gasteiger partial charge in [0.15, 0.2) is 0 Å². The highest BCUT2D eigenvalue weighted by atomic mass is 79.9. The van der Waals surface area contributed by atoms with Crippen LogP contribution >= 0.6 is 15.9 Å². The minimum Gasteiger partial charge on any atom is -0.481 e. The molecular weight excluding hydrogens is 306 g/mol. The molecule has 98 valence electrons. The van der Waals surface area contributed by atoms with E-state index in [9.17, 15) is 18.7 Å². The number of halogens is 3. The minimum absolute atomic E-state index is 0.230. The van der Waals surface area contributed by atoms with Crippen LogP contribution in [0.1, 0.15) is 37.7 Å². The maximum Gasteiger partial charge on any atom is 0.314 e. The lowest BCUT2D eigenvalue weighted by Crippen LogP contribution is -2.38. The Bertz CT molecular complexity index is 459. The average molecular weight is 319 g/mol. The highest BCUT2D eigenvalue weighted by Crippen LogP contribution is 2.41. The van der Waals surface area contributed by atoms with Crippen LogP contribution in [0.25, 0.3) is 0 Å². The molecular formula is C13H13BrF2O2. The van der Waals surface area contributed by atoms with Crippen molar-refractivity contribution in [1.82, 2.24) is 0 Å². The molecule has 18 heavy (non-hydrogen) atoms. The van der Waals surface area contributed by atoms with Gasteiger partial charge in [-0.15, -0.1) is 0 Å². The molecule has 1 aliphatic rings. The van der Waals surface area contributed by atoms with Gasteiger partial charge in [-0.25, -0.2) is 8.78 Å². The third-order valence-corrected chi connectivity index (χ3v) is 4.41. The van der Waals surface area contributed by atoms with E-state index >= 15 is 0 Å². The molecule has 0 amide bonds. The van der Waals surface area contributed by atoms with E-state index < -0.39 is 23.0 Å². The topological polar surface area (TPSA) is 37.3 Å². The van der Waals surface area contributed by atoms with Crippen molar-refractivity contribution >= 4 is 21.9 Å². The van der Waals surface area contributed by atoms with Crippen LogP contribution < -0.4 is 0 Å². The summed E-state index contributed by atoms with van der Waals surface area (Å²) in [7, 11) is 0. The quantitative estimate of drug-likeness (QED) is 0.836. The second-order valence-corrected chi connectivity index (χ2v) is 5.49. The summed E-state index contributed by atoms with van der Waals surface area (Å²) < 4.78 is 26.8. The Morgan fingerprint density at radius 1 is 1.17 bits per heavy atom. The van der Waals surface area contributed by atoms with Crippen molar-refractivity contribution in [2.45, 2.75) is 37.5 Å². The van der Waals surface area contributed by atoms with Crippen molar-refractivity contribution < 1.29 is 18.7 Å². The summed E-state index contributed by atoms with van der Waals surface area (Å²) in [6, 6.07) is 2.26. The standard InChI is InChI=1S/C13H13BrF2O2/c14-11-9(15)6-8(7-10(11)16)13(12(17)18)4-2-1-3-5-13/h6-7H,1-5H2,(H,17,18).